The molecule has 0 fully saturated rings. The molecule has 0 aliphatic carbocycles. The number of halogens is 2. The van der Waals surface area contributed by atoms with Gasteiger partial charge in [0.05, 0.1) is 0 Å². The molecule has 2 aromatic rings. The zero-order valence-corrected chi connectivity index (χ0v) is 12.3. The summed E-state index contributed by atoms with van der Waals surface area (Å²) in [5.41, 5.74) is 4.26. The lowest BCUT2D eigenvalue weighted by molar-refractivity contribution is 0.245. The molecule has 3 rings (SSSR count). The van der Waals surface area contributed by atoms with Gasteiger partial charge in [-0.25, -0.2) is 0 Å². The van der Waals surface area contributed by atoms with Gasteiger partial charge in [-0.1, -0.05) is 48.0 Å². The van der Waals surface area contributed by atoms with Gasteiger partial charge < -0.3 is 0 Å². The molecule has 0 unspecified atom stereocenters. The number of rotatable bonds is 2. The lowest BCUT2D eigenvalue weighted by Gasteiger charge is -2.28. The van der Waals surface area contributed by atoms with Crippen LogP contribution >= 0.6 is 24.0 Å². The standard InChI is InChI=1S/C16H16ClN.ClH/c17-16-7-3-4-13(10-16)11-18-9-8-14-5-1-2-6-15(14)12-18;/h1-7,10H,8-9,11-12H2;1H. The normalized spacial score (nSPS) is 14.6. The Morgan fingerprint density at radius 2 is 1.79 bits per heavy atom. The molecule has 0 radical (unpaired) electrons. The van der Waals surface area contributed by atoms with E-state index in [1.54, 1.807) is 0 Å². The van der Waals surface area contributed by atoms with Gasteiger partial charge in [0.25, 0.3) is 0 Å². The first-order chi connectivity index (χ1) is 8.81. The summed E-state index contributed by atoms with van der Waals surface area (Å²) in [4.78, 5) is 2.48. The highest BCUT2D eigenvalue weighted by atomic mass is 35.5. The fourth-order valence-electron chi connectivity index (χ4n) is 2.58. The van der Waals surface area contributed by atoms with Gasteiger partial charge in [0.2, 0.25) is 0 Å². The van der Waals surface area contributed by atoms with E-state index >= 15 is 0 Å². The summed E-state index contributed by atoms with van der Waals surface area (Å²) in [7, 11) is 0. The van der Waals surface area contributed by atoms with Crippen LogP contribution in [0.5, 0.6) is 0 Å². The van der Waals surface area contributed by atoms with Crippen molar-refractivity contribution in [1.29, 1.82) is 0 Å². The van der Waals surface area contributed by atoms with E-state index < -0.39 is 0 Å². The molecule has 0 atom stereocenters. The van der Waals surface area contributed by atoms with Gasteiger partial charge in [0, 0.05) is 24.7 Å². The Bertz CT molecular complexity index is 554. The molecule has 3 heteroatoms. The summed E-state index contributed by atoms with van der Waals surface area (Å²) in [5, 5.41) is 0.824. The summed E-state index contributed by atoms with van der Waals surface area (Å²) in [6.45, 7) is 3.15. The van der Waals surface area contributed by atoms with Crippen LogP contribution in [0.1, 0.15) is 16.7 Å². The van der Waals surface area contributed by atoms with Gasteiger partial charge in [-0.05, 0) is 35.2 Å². The van der Waals surface area contributed by atoms with Crippen LogP contribution in [0.15, 0.2) is 48.5 Å². The van der Waals surface area contributed by atoms with Gasteiger partial charge in [-0.2, -0.15) is 0 Å². The van der Waals surface area contributed by atoms with Crippen molar-refractivity contribution < 1.29 is 0 Å². The van der Waals surface area contributed by atoms with Crippen molar-refractivity contribution in [2.45, 2.75) is 19.5 Å². The van der Waals surface area contributed by atoms with E-state index in [2.05, 4.69) is 41.3 Å². The van der Waals surface area contributed by atoms with Gasteiger partial charge in [-0.15, -0.1) is 12.4 Å². The summed E-state index contributed by atoms with van der Waals surface area (Å²) in [6, 6.07) is 16.9. The van der Waals surface area contributed by atoms with Crippen molar-refractivity contribution in [3.63, 3.8) is 0 Å². The minimum absolute atomic E-state index is 0. The molecule has 1 heterocycles. The zero-order chi connectivity index (χ0) is 12.4. The van der Waals surface area contributed by atoms with Crippen LogP contribution in [0.25, 0.3) is 0 Å². The van der Waals surface area contributed by atoms with Crippen LogP contribution in [0, 0.1) is 0 Å². The highest BCUT2D eigenvalue weighted by Crippen LogP contribution is 2.21. The van der Waals surface area contributed by atoms with Crippen molar-refractivity contribution in [3.05, 3.63) is 70.2 Å². The van der Waals surface area contributed by atoms with Crippen LogP contribution in [-0.2, 0) is 19.5 Å². The number of fused-ring (bicyclic) bond motifs is 1. The molecule has 0 bridgehead atoms. The maximum absolute atomic E-state index is 6.03. The molecular weight excluding hydrogens is 277 g/mol. The SMILES string of the molecule is Cl.Clc1cccc(CN2CCc3ccccc3C2)c1. The van der Waals surface area contributed by atoms with Crippen molar-refractivity contribution >= 4 is 24.0 Å². The monoisotopic (exact) mass is 293 g/mol. The predicted molar refractivity (Wildman–Crippen MR) is 83.0 cm³/mol. The molecule has 1 aliphatic heterocycles. The first-order valence-electron chi connectivity index (χ1n) is 6.35. The molecule has 0 saturated carbocycles. The van der Waals surface area contributed by atoms with E-state index in [-0.39, 0.29) is 12.4 Å². The summed E-state index contributed by atoms with van der Waals surface area (Å²) >= 11 is 6.03. The average molecular weight is 294 g/mol. The second-order valence-electron chi connectivity index (χ2n) is 4.86. The molecule has 0 spiro atoms. The molecular formula is C16H17Cl2N. The Balaban J connectivity index is 0.00000133. The molecule has 0 saturated heterocycles. The van der Waals surface area contributed by atoms with Gasteiger partial charge in [-0.3, -0.25) is 4.90 Å². The number of hydrogen-bond donors (Lipinski definition) is 0. The smallest absolute Gasteiger partial charge is 0.0409 e. The van der Waals surface area contributed by atoms with Crippen molar-refractivity contribution in [3.8, 4) is 0 Å². The largest absolute Gasteiger partial charge is 0.294 e. The Morgan fingerprint density at radius 1 is 1.00 bits per heavy atom. The van der Waals surface area contributed by atoms with Crippen molar-refractivity contribution in [1.82, 2.24) is 4.90 Å². The van der Waals surface area contributed by atoms with Gasteiger partial charge in [0.1, 0.15) is 0 Å². The quantitative estimate of drug-likeness (QED) is 0.797. The van der Waals surface area contributed by atoms with E-state index in [0.29, 0.717) is 0 Å². The van der Waals surface area contributed by atoms with Crippen LogP contribution in [0.4, 0.5) is 0 Å². The Hall–Kier alpha value is -1.02. The van der Waals surface area contributed by atoms with E-state index in [0.717, 1.165) is 31.1 Å². The zero-order valence-electron chi connectivity index (χ0n) is 10.7. The van der Waals surface area contributed by atoms with E-state index in [9.17, 15) is 0 Å². The third-order valence-electron chi connectivity index (χ3n) is 3.50. The molecule has 1 aliphatic rings. The minimum Gasteiger partial charge on any atom is -0.294 e. The van der Waals surface area contributed by atoms with Crippen LogP contribution in [-0.4, -0.2) is 11.4 Å². The Morgan fingerprint density at radius 3 is 2.58 bits per heavy atom. The third-order valence-corrected chi connectivity index (χ3v) is 3.74. The fourth-order valence-corrected chi connectivity index (χ4v) is 2.80. The lowest BCUT2D eigenvalue weighted by atomic mass is 9.99. The number of nitrogens with zero attached hydrogens (tertiary/aromatic N) is 1. The van der Waals surface area contributed by atoms with Gasteiger partial charge in [0.15, 0.2) is 0 Å². The molecule has 1 nitrogen and oxygen atoms in total. The molecule has 100 valence electrons. The topological polar surface area (TPSA) is 3.24 Å². The van der Waals surface area contributed by atoms with Crippen LogP contribution < -0.4 is 0 Å². The second kappa shape index (κ2) is 6.42. The van der Waals surface area contributed by atoms with Crippen molar-refractivity contribution in [2.24, 2.45) is 0 Å². The van der Waals surface area contributed by atoms with Crippen molar-refractivity contribution in [2.75, 3.05) is 6.54 Å². The maximum atomic E-state index is 6.03. The third kappa shape index (κ3) is 3.50. The highest BCUT2D eigenvalue weighted by molar-refractivity contribution is 6.30. The first-order valence-corrected chi connectivity index (χ1v) is 6.73. The second-order valence-corrected chi connectivity index (χ2v) is 5.30. The van der Waals surface area contributed by atoms with E-state index in [1.165, 1.54) is 16.7 Å². The molecule has 0 N–H and O–H groups in total. The Labute approximate surface area is 125 Å². The molecule has 0 aromatic heterocycles. The average Bonchev–Trinajstić information content (AvgIpc) is 2.39. The summed E-state index contributed by atoms with van der Waals surface area (Å²) < 4.78 is 0. The Kier molecular flexibility index (Phi) is 4.87. The highest BCUT2D eigenvalue weighted by Gasteiger charge is 2.15. The van der Waals surface area contributed by atoms with E-state index in [4.69, 9.17) is 11.6 Å². The number of benzene rings is 2. The fraction of sp³-hybridized carbons (Fsp3) is 0.250. The lowest BCUT2D eigenvalue weighted by Crippen LogP contribution is -2.29. The predicted octanol–water partition coefficient (Wildman–Crippen LogP) is 4.32. The van der Waals surface area contributed by atoms with Gasteiger partial charge >= 0.3 is 0 Å². The van der Waals surface area contributed by atoms with Crippen LogP contribution in [0.2, 0.25) is 5.02 Å². The van der Waals surface area contributed by atoms with Crippen LogP contribution in [0.3, 0.4) is 0 Å². The molecule has 0 amide bonds. The minimum atomic E-state index is 0. The maximum Gasteiger partial charge on any atom is 0.0409 e. The summed E-state index contributed by atoms with van der Waals surface area (Å²) in [6.07, 6.45) is 1.15. The first kappa shape index (κ1) is 14.4. The molecule has 2 aromatic carbocycles. The number of hydrogen-bond acceptors (Lipinski definition) is 1. The summed E-state index contributed by atoms with van der Waals surface area (Å²) in [5.74, 6) is 0. The van der Waals surface area contributed by atoms with E-state index in [1.807, 2.05) is 12.1 Å². The molecule has 19 heavy (non-hydrogen) atoms.